The average molecular weight is 469 g/mol. The minimum Gasteiger partial charge on any atom is -0.336 e. The van der Waals surface area contributed by atoms with Gasteiger partial charge in [0.2, 0.25) is 0 Å². The van der Waals surface area contributed by atoms with Crippen molar-refractivity contribution in [2.75, 3.05) is 26.2 Å². The molecule has 0 spiro atoms. The van der Waals surface area contributed by atoms with Crippen LogP contribution in [0.4, 0.5) is 0 Å². The molecule has 1 saturated heterocycles. The Labute approximate surface area is 184 Å². The predicted molar refractivity (Wildman–Crippen MR) is 122 cm³/mol. The summed E-state index contributed by atoms with van der Waals surface area (Å²) in [6.45, 7) is 4.94. The van der Waals surface area contributed by atoms with Crippen LogP contribution in [0.1, 0.15) is 35.6 Å². The maximum Gasteiger partial charge on any atom is 0.261 e. The maximum atomic E-state index is 12.8. The average Bonchev–Trinajstić information content (AvgIpc) is 2.78. The fourth-order valence-electron chi connectivity index (χ4n) is 4.15. The molecule has 0 saturated carbocycles. The molecule has 7 heteroatoms. The van der Waals surface area contributed by atoms with Crippen molar-refractivity contribution in [3.05, 3.63) is 74.7 Å². The minimum atomic E-state index is -0.0156. The molecule has 156 valence electrons. The molecule has 1 atom stereocenters. The zero-order chi connectivity index (χ0) is 21.3. The Kier molecular flexibility index (Phi) is 6.01. The number of halogens is 1. The van der Waals surface area contributed by atoms with Crippen LogP contribution in [0.15, 0.2) is 57.8 Å². The van der Waals surface area contributed by atoms with Crippen molar-refractivity contribution in [1.29, 1.82) is 0 Å². The molecule has 1 unspecified atom stereocenters. The van der Waals surface area contributed by atoms with Crippen molar-refractivity contribution in [1.82, 2.24) is 19.4 Å². The van der Waals surface area contributed by atoms with Gasteiger partial charge in [0.15, 0.2) is 0 Å². The molecule has 1 aromatic heterocycles. The van der Waals surface area contributed by atoms with E-state index in [0.29, 0.717) is 24.0 Å². The lowest BCUT2D eigenvalue weighted by Crippen LogP contribution is -2.50. The van der Waals surface area contributed by atoms with E-state index in [4.69, 9.17) is 4.98 Å². The number of rotatable bonds is 4. The summed E-state index contributed by atoms with van der Waals surface area (Å²) in [4.78, 5) is 34.7. The molecule has 1 aliphatic rings. The van der Waals surface area contributed by atoms with E-state index >= 15 is 0 Å². The normalized spacial score (nSPS) is 16.0. The molecular formula is C23H25BrN4O2. The molecule has 1 aliphatic heterocycles. The monoisotopic (exact) mass is 468 g/mol. The highest BCUT2D eigenvalue weighted by Crippen LogP contribution is 2.25. The van der Waals surface area contributed by atoms with Crippen molar-refractivity contribution in [3.8, 4) is 0 Å². The second-order valence-corrected chi connectivity index (χ2v) is 8.53. The molecular weight excluding hydrogens is 444 g/mol. The fraction of sp³-hybridized carbons (Fsp3) is 0.348. The van der Waals surface area contributed by atoms with E-state index in [1.807, 2.05) is 53.4 Å². The SMILES string of the molecule is CCC(c1nc2ccccc2c(=O)n1C)N1CCN(C(=O)c2ccc(Br)cc2)CC1. The van der Waals surface area contributed by atoms with Gasteiger partial charge in [-0.1, -0.05) is 35.0 Å². The Morgan fingerprint density at radius 1 is 1.07 bits per heavy atom. The largest absolute Gasteiger partial charge is 0.336 e. The van der Waals surface area contributed by atoms with Crippen LogP contribution in [-0.4, -0.2) is 51.4 Å². The summed E-state index contributed by atoms with van der Waals surface area (Å²) in [6, 6.07) is 15.0. The first-order valence-corrected chi connectivity index (χ1v) is 11.0. The van der Waals surface area contributed by atoms with Gasteiger partial charge in [-0.3, -0.25) is 19.1 Å². The Bertz CT molecular complexity index is 1120. The van der Waals surface area contributed by atoms with E-state index < -0.39 is 0 Å². The van der Waals surface area contributed by atoms with Gasteiger partial charge in [0.25, 0.3) is 11.5 Å². The van der Waals surface area contributed by atoms with E-state index in [9.17, 15) is 9.59 Å². The topological polar surface area (TPSA) is 58.4 Å². The van der Waals surface area contributed by atoms with Crippen molar-refractivity contribution in [2.45, 2.75) is 19.4 Å². The quantitative estimate of drug-likeness (QED) is 0.586. The van der Waals surface area contributed by atoms with E-state index in [1.165, 1.54) is 0 Å². The fourth-order valence-corrected chi connectivity index (χ4v) is 4.41. The molecule has 4 rings (SSSR count). The Balaban J connectivity index is 1.53. The lowest BCUT2D eigenvalue weighted by molar-refractivity contribution is 0.0550. The van der Waals surface area contributed by atoms with Crippen molar-refractivity contribution >= 4 is 32.7 Å². The summed E-state index contributed by atoms with van der Waals surface area (Å²) in [5.41, 5.74) is 1.42. The Morgan fingerprint density at radius 2 is 1.73 bits per heavy atom. The summed E-state index contributed by atoms with van der Waals surface area (Å²) in [7, 11) is 1.80. The summed E-state index contributed by atoms with van der Waals surface area (Å²) >= 11 is 3.41. The first-order chi connectivity index (χ1) is 14.5. The molecule has 0 aliphatic carbocycles. The maximum absolute atomic E-state index is 12.8. The van der Waals surface area contributed by atoms with Gasteiger partial charge in [0, 0.05) is 43.3 Å². The number of carbonyl (C=O) groups is 1. The standard InChI is InChI=1S/C23H25BrN4O2/c1-3-20(21-25-19-7-5-4-6-18(19)23(30)26(21)2)27-12-14-28(15-13-27)22(29)16-8-10-17(24)11-9-16/h4-11,20H,3,12-15H2,1-2H3. The molecule has 0 bridgehead atoms. The number of amides is 1. The molecule has 1 amide bonds. The third kappa shape index (κ3) is 3.91. The summed E-state index contributed by atoms with van der Waals surface area (Å²) in [5.74, 6) is 0.848. The van der Waals surface area contributed by atoms with Gasteiger partial charge in [-0.05, 0) is 42.8 Å². The van der Waals surface area contributed by atoms with Gasteiger partial charge >= 0.3 is 0 Å². The van der Waals surface area contributed by atoms with Gasteiger partial charge in [-0.25, -0.2) is 4.98 Å². The first-order valence-electron chi connectivity index (χ1n) is 10.2. The third-order valence-electron chi connectivity index (χ3n) is 5.84. The van der Waals surface area contributed by atoms with Crippen molar-refractivity contribution in [3.63, 3.8) is 0 Å². The number of para-hydroxylation sites is 1. The number of hydrogen-bond acceptors (Lipinski definition) is 4. The molecule has 3 aromatic rings. The molecule has 1 fully saturated rings. The zero-order valence-electron chi connectivity index (χ0n) is 17.2. The molecule has 0 N–H and O–H groups in total. The van der Waals surface area contributed by atoms with Crippen LogP contribution in [0.3, 0.4) is 0 Å². The number of aromatic nitrogens is 2. The first kappa shape index (κ1) is 20.8. The van der Waals surface area contributed by atoms with Gasteiger partial charge < -0.3 is 4.90 Å². The number of piperazine rings is 1. The molecule has 0 radical (unpaired) electrons. The molecule has 2 heterocycles. The van der Waals surface area contributed by atoms with Crippen LogP contribution in [0.25, 0.3) is 10.9 Å². The van der Waals surface area contributed by atoms with Gasteiger partial charge in [-0.15, -0.1) is 0 Å². The highest BCUT2D eigenvalue weighted by molar-refractivity contribution is 9.10. The highest BCUT2D eigenvalue weighted by Gasteiger charge is 2.29. The van der Waals surface area contributed by atoms with Crippen LogP contribution < -0.4 is 5.56 Å². The highest BCUT2D eigenvalue weighted by atomic mass is 79.9. The van der Waals surface area contributed by atoms with E-state index in [-0.39, 0.29) is 17.5 Å². The van der Waals surface area contributed by atoms with Gasteiger partial charge in [0.05, 0.1) is 16.9 Å². The lowest BCUT2D eigenvalue weighted by Gasteiger charge is -2.39. The van der Waals surface area contributed by atoms with Crippen molar-refractivity contribution < 1.29 is 4.79 Å². The minimum absolute atomic E-state index is 0.0156. The van der Waals surface area contributed by atoms with Gasteiger partial charge in [0.1, 0.15) is 5.82 Å². The predicted octanol–water partition coefficient (Wildman–Crippen LogP) is 3.61. The van der Waals surface area contributed by atoms with E-state index in [0.717, 1.165) is 35.3 Å². The van der Waals surface area contributed by atoms with Crippen LogP contribution >= 0.6 is 15.9 Å². The smallest absolute Gasteiger partial charge is 0.261 e. The Morgan fingerprint density at radius 3 is 2.40 bits per heavy atom. The summed E-state index contributed by atoms with van der Waals surface area (Å²) in [5, 5.41) is 0.642. The van der Waals surface area contributed by atoms with Crippen molar-refractivity contribution in [2.24, 2.45) is 7.05 Å². The third-order valence-corrected chi connectivity index (χ3v) is 6.36. The lowest BCUT2D eigenvalue weighted by atomic mass is 10.1. The van der Waals surface area contributed by atoms with Crippen LogP contribution in [0, 0.1) is 0 Å². The number of nitrogens with zero attached hydrogens (tertiary/aromatic N) is 4. The summed E-state index contributed by atoms with van der Waals surface area (Å²) < 4.78 is 2.64. The molecule has 2 aromatic carbocycles. The van der Waals surface area contributed by atoms with Crippen LogP contribution in [0.2, 0.25) is 0 Å². The Hall–Kier alpha value is -2.51. The number of benzene rings is 2. The van der Waals surface area contributed by atoms with E-state index in [1.54, 1.807) is 11.6 Å². The van der Waals surface area contributed by atoms with E-state index in [2.05, 4.69) is 27.8 Å². The number of fused-ring (bicyclic) bond motifs is 1. The molecule has 30 heavy (non-hydrogen) atoms. The van der Waals surface area contributed by atoms with Crippen LogP contribution in [-0.2, 0) is 7.05 Å². The van der Waals surface area contributed by atoms with Gasteiger partial charge in [-0.2, -0.15) is 0 Å². The second kappa shape index (κ2) is 8.70. The number of carbonyl (C=O) groups excluding carboxylic acids is 1. The summed E-state index contributed by atoms with van der Waals surface area (Å²) in [6.07, 6.45) is 0.847. The zero-order valence-corrected chi connectivity index (χ0v) is 18.8. The molecule has 6 nitrogen and oxygen atoms in total. The number of hydrogen-bond donors (Lipinski definition) is 0. The second-order valence-electron chi connectivity index (χ2n) is 7.61. The van der Waals surface area contributed by atoms with Crippen LogP contribution in [0.5, 0.6) is 0 Å².